The number of hydrogen-bond donors (Lipinski definition) is 1. The molecule has 0 radical (unpaired) electrons. The van der Waals surface area contributed by atoms with Crippen molar-refractivity contribution in [1.29, 1.82) is 5.26 Å². The molecule has 1 aliphatic rings. The molecule has 0 spiro atoms. The zero-order valence-electron chi connectivity index (χ0n) is 10.7. The fraction of sp³-hybridized carbons (Fsp3) is 0.462. The molecule has 102 valence electrons. The molecule has 0 amide bonds. The maximum Gasteiger partial charge on any atom is 0.240 e. The lowest BCUT2D eigenvalue weighted by atomic mass is 10.2. The standard InChI is InChI=1S/C13H16N2O2S2/c1-10-7-11(8-14)4-5-13(10)19(16,17)15-9-12-3-2-6-18-12/h4-5,7,12,15H,2-3,6,9H2,1H3. The minimum absolute atomic E-state index is 0.259. The van der Waals surface area contributed by atoms with Crippen LogP contribution in [0.25, 0.3) is 0 Å². The van der Waals surface area contributed by atoms with Crippen LogP contribution < -0.4 is 4.72 Å². The van der Waals surface area contributed by atoms with Crippen molar-refractivity contribution in [3.63, 3.8) is 0 Å². The second kappa shape index (κ2) is 5.95. The second-order valence-corrected chi connectivity index (χ2v) is 7.72. The number of benzene rings is 1. The molecule has 1 unspecified atom stereocenters. The van der Waals surface area contributed by atoms with Gasteiger partial charge in [-0.2, -0.15) is 17.0 Å². The molecule has 0 saturated carbocycles. The van der Waals surface area contributed by atoms with Crippen LogP contribution in [-0.2, 0) is 10.0 Å². The molecule has 1 N–H and O–H groups in total. The van der Waals surface area contributed by atoms with Crippen LogP contribution in [0.3, 0.4) is 0 Å². The number of nitriles is 1. The van der Waals surface area contributed by atoms with Crippen LogP contribution in [0.15, 0.2) is 23.1 Å². The third kappa shape index (κ3) is 3.50. The molecular formula is C13H16N2O2S2. The lowest BCUT2D eigenvalue weighted by molar-refractivity contribution is 0.578. The number of nitrogens with zero attached hydrogens (tertiary/aromatic N) is 1. The normalized spacial score (nSPS) is 19.3. The first-order valence-electron chi connectivity index (χ1n) is 6.15. The summed E-state index contributed by atoms with van der Waals surface area (Å²) in [6.45, 7) is 2.19. The van der Waals surface area contributed by atoms with E-state index in [0.29, 0.717) is 22.9 Å². The molecule has 0 aromatic heterocycles. The maximum atomic E-state index is 12.2. The van der Waals surface area contributed by atoms with Gasteiger partial charge in [0, 0.05) is 11.8 Å². The maximum absolute atomic E-state index is 12.2. The molecule has 1 aromatic rings. The van der Waals surface area contributed by atoms with Gasteiger partial charge in [-0.25, -0.2) is 13.1 Å². The molecule has 0 bridgehead atoms. The Morgan fingerprint density at radius 1 is 1.53 bits per heavy atom. The van der Waals surface area contributed by atoms with Gasteiger partial charge in [-0.05, 0) is 49.3 Å². The first-order chi connectivity index (χ1) is 9.03. The van der Waals surface area contributed by atoms with Crippen molar-refractivity contribution in [2.24, 2.45) is 0 Å². The Labute approximate surface area is 118 Å². The number of rotatable bonds is 4. The van der Waals surface area contributed by atoms with Crippen molar-refractivity contribution in [2.75, 3.05) is 12.3 Å². The molecule has 6 heteroatoms. The quantitative estimate of drug-likeness (QED) is 0.923. The largest absolute Gasteiger partial charge is 0.240 e. The first kappa shape index (κ1) is 14.4. The van der Waals surface area contributed by atoms with Crippen molar-refractivity contribution in [3.05, 3.63) is 29.3 Å². The fourth-order valence-electron chi connectivity index (χ4n) is 2.11. The predicted octanol–water partition coefficient (Wildman–Crippen LogP) is 2.04. The summed E-state index contributed by atoms with van der Waals surface area (Å²) in [5.41, 5.74) is 1.08. The van der Waals surface area contributed by atoms with Gasteiger partial charge in [0.25, 0.3) is 0 Å². The van der Waals surface area contributed by atoms with Crippen molar-refractivity contribution < 1.29 is 8.42 Å². The van der Waals surface area contributed by atoms with E-state index in [9.17, 15) is 8.42 Å². The van der Waals surface area contributed by atoms with E-state index in [-0.39, 0.29) is 4.90 Å². The summed E-state index contributed by atoms with van der Waals surface area (Å²) in [7, 11) is -3.48. The molecule has 1 saturated heterocycles. The Bertz CT molecular complexity index is 600. The topological polar surface area (TPSA) is 70.0 Å². The van der Waals surface area contributed by atoms with Crippen LogP contribution in [0, 0.1) is 18.3 Å². The van der Waals surface area contributed by atoms with Crippen LogP contribution >= 0.6 is 11.8 Å². The van der Waals surface area contributed by atoms with Gasteiger partial charge in [-0.1, -0.05) is 0 Å². The summed E-state index contributed by atoms with van der Waals surface area (Å²) < 4.78 is 27.1. The lowest BCUT2D eigenvalue weighted by Crippen LogP contribution is -2.30. The summed E-state index contributed by atoms with van der Waals surface area (Å²) in [6, 6.07) is 6.63. The van der Waals surface area contributed by atoms with Crippen molar-refractivity contribution in [1.82, 2.24) is 4.72 Å². The van der Waals surface area contributed by atoms with Crippen LogP contribution in [0.2, 0.25) is 0 Å². The SMILES string of the molecule is Cc1cc(C#N)ccc1S(=O)(=O)NCC1CCCS1. The lowest BCUT2D eigenvalue weighted by Gasteiger charge is -2.12. The highest BCUT2D eigenvalue weighted by molar-refractivity contribution is 8.00. The summed E-state index contributed by atoms with van der Waals surface area (Å²) in [5.74, 6) is 1.11. The summed E-state index contributed by atoms with van der Waals surface area (Å²) in [4.78, 5) is 0.259. The van der Waals surface area contributed by atoms with E-state index in [1.54, 1.807) is 13.0 Å². The van der Waals surface area contributed by atoms with Crippen LogP contribution in [-0.4, -0.2) is 26.0 Å². The van der Waals surface area contributed by atoms with E-state index in [1.807, 2.05) is 17.8 Å². The number of nitrogens with one attached hydrogen (secondary N) is 1. The Morgan fingerprint density at radius 3 is 2.89 bits per heavy atom. The zero-order chi connectivity index (χ0) is 13.9. The fourth-order valence-corrected chi connectivity index (χ4v) is 4.72. The van der Waals surface area contributed by atoms with E-state index in [4.69, 9.17) is 5.26 Å². The Balaban J connectivity index is 2.12. The molecule has 19 heavy (non-hydrogen) atoms. The van der Waals surface area contributed by atoms with Crippen molar-refractivity contribution >= 4 is 21.8 Å². The zero-order valence-corrected chi connectivity index (χ0v) is 12.4. The van der Waals surface area contributed by atoms with E-state index >= 15 is 0 Å². The molecular weight excluding hydrogens is 280 g/mol. The monoisotopic (exact) mass is 296 g/mol. The van der Waals surface area contributed by atoms with Gasteiger partial charge in [0.05, 0.1) is 16.5 Å². The molecule has 0 aliphatic carbocycles. The average molecular weight is 296 g/mol. The van der Waals surface area contributed by atoms with Gasteiger partial charge in [0.1, 0.15) is 0 Å². The minimum Gasteiger partial charge on any atom is -0.210 e. The third-order valence-electron chi connectivity index (χ3n) is 3.12. The molecule has 1 fully saturated rings. The van der Waals surface area contributed by atoms with E-state index in [1.165, 1.54) is 12.1 Å². The summed E-state index contributed by atoms with van der Waals surface area (Å²) in [6.07, 6.45) is 2.23. The Morgan fingerprint density at radius 2 is 2.32 bits per heavy atom. The number of hydrogen-bond acceptors (Lipinski definition) is 4. The molecule has 4 nitrogen and oxygen atoms in total. The van der Waals surface area contributed by atoms with Crippen LogP contribution in [0.1, 0.15) is 24.0 Å². The minimum atomic E-state index is -3.48. The highest BCUT2D eigenvalue weighted by atomic mass is 32.2. The molecule has 1 heterocycles. The third-order valence-corrected chi connectivity index (χ3v) is 6.10. The van der Waals surface area contributed by atoms with Crippen molar-refractivity contribution in [2.45, 2.75) is 29.9 Å². The van der Waals surface area contributed by atoms with Crippen LogP contribution in [0.5, 0.6) is 0 Å². The Hall–Kier alpha value is -1.03. The molecule has 1 aromatic carbocycles. The number of aryl methyl sites for hydroxylation is 1. The van der Waals surface area contributed by atoms with Gasteiger partial charge in [0.2, 0.25) is 10.0 Å². The van der Waals surface area contributed by atoms with E-state index in [0.717, 1.165) is 18.6 Å². The molecule has 1 aliphatic heterocycles. The van der Waals surface area contributed by atoms with E-state index in [2.05, 4.69) is 4.72 Å². The second-order valence-electron chi connectivity index (χ2n) is 4.58. The smallest absolute Gasteiger partial charge is 0.210 e. The van der Waals surface area contributed by atoms with E-state index < -0.39 is 10.0 Å². The average Bonchev–Trinajstić information content (AvgIpc) is 2.89. The van der Waals surface area contributed by atoms with Crippen LogP contribution in [0.4, 0.5) is 0 Å². The predicted molar refractivity (Wildman–Crippen MR) is 76.6 cm³/mol. The Kier molecular flexibility index (Phi) is 4.50. The van der Waals surface area contributed by atoms with Gasteiger partial charge in [-0.3, -0.25) is 0 Å². The molecule has 2 rings (SSSR count). The highest BCUT2D eigenvalue weighted by Crippen LogP contribution is 2.26. The van der Waals surface area contributed by atoms with Gasteiger partial charge in [0.15, 0.2) is 0 Å². The summed E-state index contributed by atoms with van der Waals surface area (Å²) >= 11 is 1.82. The van der Waals surface area contributed by atoms with Gasteiger partial charge in [-0.15, -0.1) is 0 Å². The first-order valence-corrected chi connectivity index (χ1v) is 8.68. The van der Waals surface area contributed by atoms with Gasteiger partial charge >= 0.3 is 0 Å². The molecule has 1 atom stereocenters. The number of thioether (sulfide) groups is 1. The number of sulfonamides is 1. The summed E-state index contributed by atoms with van der Waals surface area (Å²) in [5, 5.41) is 9.17. The van der Waals surface area contributed by atoms with Crippen molar-refractivity contribution in [3.8, 4) is 6.07 Å². The highest BCUT2D eigenvalue weighted by Gasteiger charge is 2.21. The van der Waals surface area contributed by atoms with Gasteiger partial charge < -0.3 is 0 Å².